The molecular weight excluding hydrogens is 316 g/mol. The van der Waals surface area contributed by atoms with Gasteiger partial charge in [0.2, 0.25) is 10.0 Å². The Morgan fingerprint density at radius 2 is 1.68 bits per heavy atom. The highest BCUT2D eigenvalue weighted by atomic mass is 32.2. The van der Waals surface area contributed by atoms with Crippen LogP contribution in [0.4, 0.5) is 8.78 Å². The third kappa shape index (κ3) is 3.66. The smallest absolute Gasteiger partial charge is 0.335 e. The van der Waals surface area contributed by atoms with E-state index in [1.54, 1.807) is 0 Å². The summed E-state index contributed by atoms with van der Waals surface area (Å²) in [5.41, 5.74) is 0.212. The Balaban J connectivity index is 2.13. The highest BCUT2D eigenvalue weighted by Crippen LogP contribution is 2.13. The SMILES string of the molecule is O=C(O)c1ccc(S(=O)(=O)NCc2ccc(F)c(F)c2)cc1. The molecule has 2 aromatic rings. The first kappa shape index (κ1) is 16.1. The van der Waals surface area contributed by atoms with Crippen molar-refractivity contribution in [3.05, 3.63) is 65.2 Å². The first-order chi connectivity index (χ1) is 10.3. The molecule has 2 aromatic carbocycles. The molecule has 0 aliphatic rings. The van der Waals surface area contributed by atoms with Gasteiger partial charge in [-0.25, -0.2) is 26.7 Å². The Labute approximate surface area is 125 Å². The van der Waals surface area contributed by atoms with E-state index in [0.29, 0.717) is 0 Å². The fourth-order valence-electron chi connectivity index (χ4n) is 1.69. The number of rotatable bonds is 5. The van der Waals surface area contributed by atoms with Crippen molar-refractivity contribution in [1.29, 1.82) is 0 Å². The zero-order valence-electron chi connectivity index (χ0n) is 11.1. The normalized spacial score (nSPS) is 11.4. The van der Waals surface area contributed by atoms with Gasteiger partial charge in [0.05, 0.1) is 10.5 Å². The van der Waals surface area contributed by atoms with Crippen LogP contribution in [-0.2, 0) is 16.6 Å². The lowest BCUT2D eigenvalue weighted by atomic mass is 10.2. The van der Waals surface area contributed by atoms with Crippen molar-refractivity contribution >= 4 is 16.0 Å². The summed E-state index contributed by atoms with van der Waals surface area (Å²) in [7, 11) is -3.88. The van der Waals surface area contributed by atoms with Gasteiger partial charge >= 0.3 is 5.97 Å². The van der Waals surface area contributed by atoms with Crippen molar-refractivity contribution in [2.24, 2.45) is 0 Å². The number of hydrogen-bond donors (Lipinski definition) is 2. The Bertz CT molecular complexity index is 804. The molecule has 2 N–H and O–H groups in total. The standard InChI is InChI=1S/C14H11F2NO4S/c15-12-6-1-9(7-13(12)16)8-17-22(20,21)11-4-2-10(3-5-11)14(18)19/h1-7,17H,8H2,(H,18,19). The second kappa shape index (κ2) is 6.20. The lowest BCUT2D eigenvalue weighted by Crippen LogP contribution is -2.23. The van der Waals surface area contributed by atoms with Gasteiger partial charge in [-0.1, -0.05) is 6.07 Å². The average Bonchev–Trinajstić information content (AvgIpc) is 2.48. The topological polar surface area (TPSA) is 83.5 Å². The molecule has 22 heavy (non-hydrogen) atoms. The van der Waals surface area contributed by atoms with Crippen molar-refractivity contribution in [1.82, 2.24) is 4.72 Å². The number of hydrogen-bond acceptors (Lipinski definition) is 3. The molecule has 0 unspecified atom stereocenters. The second-order valence-corrected chi connectivity index (χ2v) is 6.17. The number of aromatic carboxylic acids is 1. The molecule has 0 spiro atoms. The fourth-order valence-corrected chi connectivity index (χ4v) is 2.71. The molecule has 0 bridgehead atoms. The number of halogens is 2. The molecule has 0 aromatic heterocycles. The van der Waals surface area contributed by atoms with Crippen molar-refractivity contribution in [2.45, 2.75) is 11.4 Å². The van der Waals surface area contributed by atoms with Crippen LogP contribution in [0.15, 0.2) is 47.4 Å². The first-order valence-electron chi connectivity index (χ1n) is 6.06. The van der Waals surface area contributed by atoms with Crippen LogP contribution in [-0.4, -0.2) is 19.5 Å². The predicted molar refractivity (Wildman–Crippen MR) is 73.8 cm³/mol. The number of carboxylic acids is 1. The van der Waals surface area contributed by atoms with Crippen LogP contribution in [0.25, 0.3) is 0 Å². The molecule has 8 heteroatoms. The van der Waals surface area contributed by atoms with Gasteiger partial charge < -0.3 is 5.11 Å². The van der Waals surface area contributed by atoms with Crippen molar-refractivity contribution < 1.29 is 27.1 Å². The van der Waals surface area contributed by atoms with Gasteiger partial charge in [-0.2, -0.15) is 0 Å². The summed E-state index contributed by atoms with van der Waals surface area (Å²) >= 11 is 0. The van der Waals surface area contributed by atoms with E-state index in [1.165, 1.54) is 6.07 Å². The van der Waals surface area contributed by atoms with E-state index < -0.39 is 27.6 Å². The van der Waals surface area contributed by atoms with Gasteiger partial charge in [0, 0.05) is 6.54 Å². The van der Waals surface area contributed by atoms with Crippen molar-refractivity contribution in [2.75, 3.05) is 0 Å². The Hall–Kier alpha value is -2.32. The van der Waals surface area contributed by atoms with E-state index >= 15 is 0 Å². The van der Waals surface area contributed by atoms with E-state index in [9.17, 15) is 22.0 Å². The number of carboxylic acid groups (broad SMARTS) is 1. The van der Waals surface area contributed by atoms with Crippen LogP contribution in [0.3, 0.4) is 0 Å². The quantitative estimate of drug-likeness (QED) is 0.881. The van der Waals surface area contributed by atoms with Gasteiger partial charge in [-0.15, -0.1) is 0 Å². The van der Waals surface area contributed by atoms with E-state index in [4.69, 9.17) is 5.11 Å². The molecule has 0 fully saturated rings. The third-order valence-corrected chi connectivity index (χ3v) is 4.28. The monoisotopic (exact) mass is 327 g/mol. The van der Waals surface area contributed by atoms with Crippen LogP contribution in [0.5, 0.6) is 0 Å². The predicted octanol–water partition coefficient (Wildman–Crippen LogP) is 2.14. The molecule has 5 nitrogen and oxygen atoms in total. The lowest BCUT2D eigenvalue weighted by molar-refractivity contribution is 0.0696. The highest BCUT2D eigenvalue weighted by Gasteiger charge is 2.15. The number of sulfonamides is 1. The largest absolute Gasteiger partial charge is 0.478 e. The maximum atomic E-state index is 13.0. The summed E-state index contributed by atoms with van der Waals surface area (Å²) < 4.78 is 52.1. The summed E-state index contributed by atoms with van der Waals surface area (Å²) in [5, 5.41) is 8.75. The molecule has 2 rings (SSSR count). The fraction of sp³-hybridized carbons (Fsp3) is 0.0714. The molecule has 0 heterocycles. The third-order valence-electron chi connectivity index (χ3n) is 2.86. The molecule has 0 atom stereocenters. The number of carbonyl (C=O) groups is 1. The van der Waals surface area contributed by atoms with E-state index in [2.05, 4.69) is 4.72 Å². The molecule has 0 saturated heterocycles. The first-order valence-corrected chi connectivity index (χ1v) is 7.55. The van der Waals surface area contributed by atoms with E-state index in [0.717, 1.165) is 36.4 Å². The maximum Gasteiger partial charge on any atom is 0.335 e. The highest BCUT2D eigenvalue weighted by molar-refractivity contribution is 7.89. The van der Waals surface area contributed by atoms with Crippen LogP contribution in [0.1, 0.15) is 15.9 Å². The summed E-state index contributed by atoms with van der Waals surface area (Å²) in [6, 6.07) is 7.68. The van der Waals surface area contributed by atoms with Gasteiger partial charge in [0.1, 0.15) is 0 Å². The Kier molecular flexibility index (Phi) is 4.53. The number of benzene rings is 2. The molecule has 0 aliphatic carbocycles. The lowest BCUT2D eigenvalue weighted by Gasteiger charge is -2.07. The minimum Gasteiger partial charge on any atom is -0.478 e. The summed E-state index contributed by atoms with van der Waals surface area (Å²) in [5.74, 6) is -3.25. The second-order valence-electron chi connectivity index (χ2n) is 4.40. The molecule has 0 amide bonds. The van der Waals surface area contributed by atoms with Gasteiger partial charge in [-0.05, 0) is 42.0 Å². The van der Waals surface area contributed by atoms with Crippen LogP contribution in [0.2, 0.25) is 0 Å². The molecule has 116 valence electrons. The minimum atomic E-state index is -3.88. The summed E-state index contributed by atoms with van der Waals surface area (Å²) in [4.78, 5) is 10.6. The van der Waals surface area contributed by atoms with Crippen molar-refractivity contribution in [3.8, 4) is 0 Å². The van der Waals surface area contributed by atoms with E-state index in [1.807, 2.05) is 0 Å². The zero-order valence-corrected chi connectivity index (χ0v) is 11.9. The van der Waals surface area contributed by atoms with Gasteiger partial charge in [0.15, 0.2) is 11.6 Å². The molecule has 0 radical (unpaired) electrons. The molecular formula is C14H11F2NO4S. The number of nitrogens with one attached hydrogen (secondary N) is 1. The van der Waals surface area contributed by atoms with E-state index in [-0.39, 0.29) is 22.6 Å². The summed E-state index contributed by atoms with van der Waals surface area (Å²) in [6.45, 7) is -0.222. The Morgan fingerprint density at radius 1 is 1.05 bits per heavy atom. The van der Waals surface area contributed by atoms with Crippen LogP contribution >= 0.6 is 0 Å². The molecule has 0 aliphatic heterocycles. The van der Waals surface area contributed by atoms with Gasteiger partial charge in [-0.3, -0.25) is 0 Å². The Morgan fingerprint density at radius 3 is 2.23 bits per heavy atom. The van der Waals surface area contributed by atoms with Crippen LogP contribution in [0, 0.1) is 11.6 Å². The van der Waals surface area contributed by atoms with Crippen LogP contribution < -0.4 is 4.72 Å². The van der Waals surface area contributed by atoms with Crippen molar-refractivity contribution in [3.63, 3.8) is 0 Å². The summed E-state index contributed by atoms with van der Waals surface area (Å²) in [6.07, 6.45) is 0. The zero-order chi connectivity index (χ0) is 16.3. The average molecular weight is 327 g/mol. The minimum absolute atomic E-state index is 0.0421. The van der Waals surface area contributed by atoms with Gasteiger partial charge in [0.25, 0.3) is 0 Å². The molecule has 0 saturated carbocycles. The maximum absolute atomic E-state index is 13.0.